The van der Waals surface area contributed by atoms with Gasteiger partial charge in [-0.1, -0.05) is 20.8 Å². The SMILES string of the molecule is CC.CCc1cc(F)c(O)c(F)c1. The molecule has 0 aliphatic rings. The Hall–Kier alpha value is -1.12. The molecular weight excluding hydrogens is 174 g/mol. The highest BCUT2D eigenvalue weighted by Gasteiger charge is 2.07. The third-order valence-corrected chi connectivity index (χ3v) is 1.48. The first-order valence-corrected chi connectivity index (χ1v) is 4.32. The third-order valence-electron chi connectivity index (χ3n) is 1.48. The quantitative estimate of drug-likeness (QED) is 0.717. The molecule has 1 rings (SSSR count). The molecule has 0 unspecified atom stereocenters. The van der Waals surface area contributed by atoms with E-state index >= 15 is 0 Å². The summed E-state index contributed by atoms with van der Waals surface area (Å²) in [4.78, 5) is 0. The Morgan fingerprint density at radius 2 is 1.54 bits per heavy atom. The van der Waals surface area contributed by atoms with Crippen molar-refractivity contribution in [1.29, 1.82) is 0 Å². The molecule has 0 saturated heterocycles. The minimum Gasteiger partial charge on any atom is -0.503 e. The second-order valence-corrected chi connectivity index (χ2v) is 2.26. The van der Waals surface area contributed by atoms with Crippen LogP contribution in [0, 0.1) is 11.6 Å². The van der Waals surface area contributed by atoms with Crippen LogP contribution in [0.4, 0.5) is 8.78 Å². The lowest BCUT2D eigenvalue weighted by molar-refractivity contribution is 0.395. The largest absolute Gasteiger partial charge is 0.503 e. The fourth-order valence-corrected chi connectivity index (χ4v) is 0.822. The smallest absolute Gasteiger partial charge is 0.187 e. The van der Waals surface area contributed by atoms with Gasteiger partial charge in [0.25, 0.3) is 0 Å². The van der Waals surface area contributed by atoms with Crippen LogP contribution >= 0.6 is 0 Å². The predicted molar refractivity (Wildman–Crippen MR) is 48.7 cm³/mol. The van der Waals surface area contributed by atoms with Crippen molar-refractivity contribution in [3.8, 4) is 5.75 Å². The Balaban J connectivity index is 0.000000671. The van der Waals surface area contributed by atoms with Crippen LogP contribution in [-0.2, 0) is 6.42 Å². The van der Waals surface area contributed by atoms with E-state index in [0.717, 1.165) is 12.1 Å². The van der Waals surface area contributed by atoms with E-state index in [1.165, 1.54) is 0 Å². The lowest BCUT2D eigenvalue weighted by atomic mass is 10.1. The van der Waals surface area contributed by atoms with Crippen LogP contribution in [0.1, 0.15) is 26.3 Å². The van der Waals surface area contributed by atoms with E-state index < -0.39 is 17.4 Å². The summed E-state index contributed by atoms with van der Waals surface area (Å²) in [5.41, 5.74) is 0.540. The number of aryl methyl sites for hydroxylation is 1. The first kappa shape index (κ1) is 11.9. The molecule has 1 N–H and O–H groups in total. The van der Waals surface area contributed by atoms with Gasteiger partial charge in [0.2, 0.25) is 0 Å². The molecule has 74 valence electrons. The molecule has 0 atom stereocenters. The van der Waals surface area contributed by atoms with E-state index in [-0.39, 0.29) is 0 Å². The van der Waals surface area contributed by atoms with Gasteiger partial charge in [-0.15, -0.1) is 0 Å². The van der Waals surface area contributed by atoms with Crippen LogP contribution in [0.15, 0.2) is 12.1 Å². The fourth-order valence-electron chi connectivity index (χ4n) is 0.822. The van der Waals surface area contributed by atoms with Gasteiger partial charge in [-0.3, -0.25) is 0 Å². The van der Waals surface area contributed by atoms with E-state index in [0.29, 0.717) is 12.0 Å². The average molecular weight is 188 g/mol. The maximum absolute atomic E-state index is 12.5. The molecule has 0 spiro atoms. The summed E-state index contributed by atoms with van der Waals surface area (Å²) < 4.78 is 25.1. The van der Waals surface area contributed by atoms with Crippen molar-refractivity contribution in [3.05, 3.63) is 29.3 Å². The Labute approximate surface area is 77.0 Å². The summed E-state index contributed by atoms with van der Waals surface area (Å²) in [7, 11) is 0. The number of rotatable bonds is 1. The van der Waals surface area contributed by atoms with Gasteiger partial charge >= 0.3 is 0 Å². The molecule has 0 amide bonds. The molecule has 13 heavy (non-hydrogen) atoms. The van der Waals surface area contributed by atoms with Crippen LogP contribution in [0.3, 0.4) is 0 Å². The molecule has 0 fully saturated rings. The molecule has 0 aliphatic heterocycles. The van der Waals surface area contributed by atoms with Crippen LogP contribution < -0.4 is 0 Å². The number of hydrogen-bond donors (Lipinski definition) is 1. The van der Waals surface area contributed by atoms with Crippen LogP contribution in [-0.4, -0.2) is 5.11 Å². The van der Waals surface area contributed by atoms with Crippen molar-refractivity contribution >= 4 is 0 Å². The first-order valence-electron chi connectivity index (χ1n) is 4.32. The highest BCUT2D eigenvalue weighted by atomic mass is 19.1. The molecule has 0 aromatic heterocycles. The van der Waals surface area contributed by atoms with Gasteiger partial charge in [0.15, 0.2) is 17.4 Å². The van der Waals surface area contributed by atoms with Gasteiger partial charge in [-0.05, 0) is 24.1 Å². The van der Waals surface area contributed by atoms with Gasteiger partial charge in [-0.25, -0.2) is 8.78 Å². The molecule has 1 aromatic rings. The van der Waals surface area contributed by atoms with Crippen molar-refractivity contribution in [3.63, 3.8) is 0 Å². The summed E-state index contributed by atoms with van der Waals surface area (Å²) in [5, 5.41) is 8.68. The maximum atomic E-state index is 12.5. The molecule has 0 saturated carbocycles. The minimum atomic E-state index is -0.901. The standard InChI is InChI=1S/C8H8F2O.C2H6/c1-2-5-3-6(9)8(11)7(10)4-5;1-2/h3-4,11H,2H2,1H3;1-2H3. The lowest BCUT2D eigenvalue weighted by Gasteiger charge is -1.99. The molecule has 0 heterocycles. The second kappa shape index (κ2) is 5.51. The number of phenolic OH excluding ortho intramolecular Hbond substituents is 1. The van der Waals surface area contributed by atoms with E-state index in [1.807, 2.05) is 13.8 Å². The number of benzene rings is 1. The Morgan fingerprint density at radius 3 is 1.85 bits per heavy atom. The topological polar surface area (TPSA) is 20.2 Å². The zero-order valence-corrected chi connectivity index (χ0v) is 8.06. The highest BCUT2D eigenvalue weighted by Crippen LogP contribution is 2.21. The van der Waals surface area contributed by atoms with E-state index in [1.54, 1.807) is 6.92 Å². The summed E-state index contributed by atoms with van der Waals surface area (Å²) in [6.07, 6.45) is 0.550. The van der Waals surface area contributed by atoms with Gasteiger partial charge in [0.05, 0.1) is 0 Å². The summed E-state index contributed by atoms with van der Waals surface area (Å²) in [6, 6.07) is 2.25. The second-order valence-electron chi connectivity index (χ2n) is 2.26. The van der Waals surface area contributed by atoms with Crippen molar-refractivity contribution in [2.75, 3.05) is 0 Å². The Morgan fingerprint density at radius 1 is 1.15 bits per heavy atom. The van der Waals surface area contributed by atoms with Gasteiger partial charge < -0.3 is 5.11 Å². The first-order chi connectivity index (χ1) is 6.15. The highest BCUT2D eigenvalue weighted by molar-refractivity contribution is 5.29. The molecule has 3 heteroatoms. The van der Waals surface area contributed by atoms with Crippen molar-refractivity contribution in [2.45, 2.75) is 27.2 Å². The normalized spacial score (nSPS) is 9.00. The number of hydrogen-bond acceptors (Lipinski definition) is 1. The van der Waals surface area contributed by atoms with Crippen molar-refractivity contribution in [1.82, 2.24) is 0 Å². The summed E-state index contributed by atoms with van der Waals surface area (Å²) >= 11 is 0. The van der Waals surface area contributed by atoms with Gasteiger partial charge in [-0.2, -0.15) is 0 Å². The number of halogens is 2. The van der Waals surface area contributed by atoms with Crippen molar-refractivity contribution < 1.29 is 13.9 Å². The van der Waals surface area contributed by atoms with Crippen LogP contribution in [0.5, 0.6) is 5.75 Å². The van der Waals surface area contributed by atoms with E-state index in [9.17, 15) is 8.78 Å². The zero-order chi connectivity index (χ0) is 10.4. The number of phenols is 1. The Bertz CT molecular complexity index is 249. The van der Waals surface area contributed by atoms with Crippen LogP contribution in [0.25, 0.3) is 0 Å². The van der Waals surface area contributed by atoms with E-state index in [2.05, 4.69) is 0 Å². The molecular formula is C10H14F2O. The maximum Gasteiger partial charge on any atom is 0.187 e. The molecule has 0 radical (unpaired) electrons. The third kappa shape index (κ3) is 3.01. The monoisotopic (exact) mass is 188 g/mol. The Kier molecular flexibility index (Phi) is 5.04. The van der Waals surface area contributed by atoms with E-state index in [4.69, 9.17) is 5.11 Å². The van der Waals surface area contributed by atoms with Crippen LogP contribution in [0.2, 0.25) is 0 Å². The van der Waals surface area contributed by atoms with Crippen molar-refractivity contribution in [2.24, 2.45) is 0 Å². The fraction of sp³-hybridized carbons (Fsp3) is 0.400. The predicted octanol–water partition coefficient (Wildman–Crippen LogP) is 3.26. The zero-order valence-electron chi connectivity index (χ0n) is 8.06. The molecule has 1 nitrogen and oxygen atoms in total. The number of aromatic hydroxyl groups is 1. The molecule has 1 aromatic carbocycles. The molecule has 0 aliphatic carbocycles. The average Bonchev–Trinajstić information content (AvgIpc) is 2.16. The van der Waals surface area contributed by atoms with Gasteiger partial charge in [0.1, 0.15) is 0 Å². The van der Waals surface area contributed by atoms with Gasteiger partial charge in [0, 0.05) is 0 Å². The molecule has 0 bridgehead atoms. The summed E-state index contributed by atoms with van der Waals surface area (Å²) in [5.74, 6) is -2.70. The minimum absolute atomic E-state index is 0.540. The summed E-state index contributed by atoms with van der Waals surface area (Å²) in [6.45, 7) is 5.78. The lowest BCUT2D eigenvalue weighted by Crippen LogP contribution is -1.87.